The molecule has 1 aromatic rings. The number of pyridine rings is 1. The van der Waals surface area contributed by atoms with Gasteiger partial charge in [-0.05, 0) is 38.8 Å². The van der Waals surface area contributed by atoms with Crippen molar-refractivity contribution in [2.75, 3.05) is 23.7 Å². The molecule has 0 aromatic carbocycles. The molecule has 0 amide bonds. The van der Waals surface area contributed by atoms with Gasteiger partial charge in [-0.1, -0.05) is 0 Å². The Morgan fingerprint density at radius 3 is 2.94 bits per heavy atom. The molecule has 1 aliphatic heterocycles. The third kappa shape index (κ3) is 2.27. The van der Waals surface area contributed by atoms with E-state index in [2.05, 4.69) is 9.88 Å². The molecule has 16 heavy (non-hydrogen) atoms. The van der Waals surface area contributed by atoms with Crippen LogP contribution in [0.4, 0.5) is 11.5 Å². The van der Waals surface area contributed by atoms with Gasteiger partial charge in [0.1, 0.15) is 0 Å². The van der Waals surface area contributed by atoms with Crippen molar-refractivity contribution in [3.8, 4) is 0 Å². The standard InChI is InChI=1S/C12H19N3O/c1-9-4-5-10(13)11(14-9)15-7-3-6-12(2,16)8-15/h4-5,16H,3,6-8,13H2,1-2H3. The number of aryl methyl sites for hydroxylation is 1. The van der Waals surface area contributed by atoms with Crippen molar-refractivity contribution in [1.82, 2.24) is 4.98 Å². The minimum absolute atomic E-state index is 0.605. The molecule has 1 atom stereocenters. The molecule has 0 spiro atoms. The van der Waals surface area contributed by atoms with Crippen LogP contribution in [0.3, 0.4) is 0 Å². The number of nitrogens with two attached hydrogens (primary N) is 1. The molecule has 1 aliphatic rings. The van der Waals surface area contributed by atoms with Crippen molar-refractivity contribution in [3.05, 3.63) is 17.8 Å². The summed E-state index contributed by atoms with van der Waals surface area (Å²) in [4.78, 5) is 6.53. The van der Waals surface area contributed by atoms with Gasteiger partial charge in [-0.15, -0.1) is 0 Å². The van der Waals surface area contributed by atoms with Gasteiger partial charge in [0, 0.05) is 18.8 Å². The highest BCUT2D eigenvalue weighted by atomic mass is 16.3. The van der Waals surface area contributed by atoms with E-state index in [1.54, 1.807) is 0 Å². The summed E-state index contributed by atoms with van der Waals surface area (Å²) in [5, 5.41) is 10.1. The number of anilines is 2. The van der Waals surface area contributed by atoms with Crippen LogP contribution in [0.2, 0.25) is 0 Å². The van der Waals surface area contributed by atoms with E-state index in [9.17, 15) is 5.11 Å². The second-order valence-corrected chi connectivity index (χ2v) is 4.89. The van der Waals surface area contributed by atoms with Crippen LogP contribution < -0.4 is 10.6 Å². The van der Waals surface area contributed by atoms with Crippen molar-refractivity contribution in [1.29, 1.82) is 0 Å². The number of hydrogen-bond acceptors (Lipinski definition) is 4. The van der Waals surface area contributed by atoms with Crippen LogP contribution in [0, 0.1) is 6.92 Å². The number of nitrogens with zero attached hydrogens (tertiary/aromatic N) is 2. The molecule has 0 radical (unpaired) electrons. The van der Waals surface area contributed by atoms with Gasteiger partial charge in [0.25, 0.3) is 0 Å². The third-order valence-corrected chi connectivity index (χ3v) is 3.02. The van der Waals surface area contributed by atoms with Gasteiger partial charge in [-0.25, -0.2) is 4.98 Å². The van der Waals surface area contributed by atoms with Gasteiger partial charge < -0.3 is 15.7 Å². The molecule has 4 nitrogen and oxygen atoms in total. The van der Waals surface area contributed by atoms with Crippen molar-refractivity contribution < 1.29 is 5.11 Å². The normalized spacial score (nSPS) is 25.8. The molecule has 2 heterocycles. The molecule has 3 N–H and O–H groups in total. The van der Waals surface area contributed by atoms with Crippen LogP contribution in [-0.2, 0) is 0 Å². The number of aromatic nitrogens is 1. The summed E-state index contributed by atoms with van der Waals surface area (Å²) in [7, 11) is 0. The minimum Gasteiger partial charge on any atom is -0.396 e. The lowest BCUT2D eigenvalue weighted by atomic mass is 9.95. The smallest absolute Gasteiger partial charge is 0.152 e. The maximum atomic E-state index is 10.1. The van der Waals surface area contributed by atoms with Crippen LogP contribution in [0.1, 0.15) is 25.5 Å². The van der Waals surface area contributed by atoms with E-state index in [4.69, 9.17) is 5.73 Å². The summed E-state index contributed by atoms with van der Waals surface area (Å²) in [6.45, 7) is 5.33. The first kappa shape index (κ1) is 11.2. The minimum atomic E-state index is -0.629. The Balaban J connectivity index is 2.26. The summed E-state index contributed by atoms with van der Waals surface area (Å²) in [6.07, 6.45) is 1.82. The average molecular weight is 221 g/mol. The fourth-order valence-corrected chi connectivity index (χ4v) is 2.21. The molecule has 88 valence electrons. The monoisotopic (exact) mass is 221 g/mol. The summed E-state index contributed by atoms with van der Waals surface area (Å²) < 4.78 is 0. The molecule has 0 bridgehead atoms. The summed E-state index contributed by atoms with van der Waals surface area (Å²) in [5.74, 6) is 0.806. The van der Waals surface area contributed by atoms with Gasteiger partial charge in [0.15, 0.2) is 5.82 Å². The third-order valence-electron chi connectivity index (χ3n) is 3.02. The van der Waals surface area contributed by atoms with E-state index in [-0.39, 0.29) is 0 Å². The number of rotatable bonds is 1. The maximum absolute atomic E-state index is 10.1. The molecule has 1 fully saturated rings. The Morgan fingerprint density at radius 1 is 1.50 bits per heavy atom. The lowest BCUT2D eigenvalue weighted by molar-refractivity contribution is 0.0447. The predicted molar refractivity (Wildman–Crippen MR) is 65.5 cm³/mol. The fraction of sp³-hybridized carbons (Fsp3) is 0.583. The Hall–Kier alpha value is -1.29. The molecule has 0 saturated carbocycles. The SMILES string of the molecule is Cc1ccc(N)c(N2CCCC(C)(O)C2)n1. The predicted octanol–water partition coefficient (Wildman–Crippen LogP) is 1.32. The summed E-state index contributed by atoms with van der Waals surface area (Å²) in [6, 6.07) is 3.78. The first-order valence-corrected chi connectivity index (χ1v) is 5.68. The Labute approximate surface area is 96.1 Å². The van der Waals surface area contributed by atoms with Gasteiger partial charge in [-0.2, -0.15) is 0 Å². The Bertz CT molecular complexity index is 390. The zero-order chi connectivity index (χ0) is 11.8. The van der Waals surface area contributed by atoms with Gasteiger partial charge in [0.2, 0.25) is 0 Å². The lowest BCUT2D eigenvalue weighted by Gasteiger charge is -2.38. The van der Waals surface area contributed by atoms with Crippen LogP contribution in [0.5, 0.6) is 0 Å². The highest BCUT2D eigenvalue weighted by Gasteiger charge is 2.29. The largest absolute Gasteiger partial charge is 0.396 e. The topological polar surface area (TPSA) is 62.4 Å². The van der Waals surface area contributed by atoms with E-state index in [1.807, 2.05) is 26.0 Å². The maximum Gasteiger partial charge on any atom is 0.152 e. The summed E-state index contributed by atoms with van der Waals surface area (Å²) >= 11 is 0. The number of hydrogen-bond donors (Lipinski definition) is 2. The van der Waals surface area contributed by atoms with E-state index in [1.165, 1.54) is 0 Å². The quantitative estimate of drug-likeness (QED) is 0.751. The first-order valence-electron chi connectivity index (χ1n) is 5.68. The average Bonchev–Trinajstić information content (AvgIpc) is 2.20. The van der Waals surface area contributed by atoms with Crippen molar-refractivity contribution in [2.45, 2.75) is 32.3 Å². The number of aliphatic hydroxyl groups is 1. The molecule has 1 saturated heterocycles. The van der Waals surface area contributed by atoms with E-state index >= 15 is 0 Å². The van der Waals surface area contributed by atoms with Crippen molar-refractivity contribution >= 4 is 11.5 Å². The van der Waals surface area contributed by atoms with Crippen molar-refractivity contribution in [3.63, 3.8) is 0 Å². The fourth-order valence-electron chi connectivity index (χ4n) is 2.21. The molecular formula is C12H19N3O. The van der Waals surface area contributed by atoms with E-state index in [0.717, 1.165) is 30.9 Å². The van der Waals surface area contributed by atoms with E-state index in [0.29, 0.717) is 12.2 Å². The van der Waals surface area contributed by atoms with Crippen molar-refractivity contribution in [2.24, 2.45) is 0 Å². The Morgan fingerprint density at radius 2 is 2.25 bits per heavy atom. The zero-order valence-electron chi connectivity index (χ0n) is 9.90. The zero-order valence-corrected chi connectivity index (χ0v) is 9.90. The van der Waals surface area contributed by atoms with Gasteiger partial charge in [0.05, 0.1) is 11.3 Å². The number of piperidine rings is 1. The Kier molecular flexibility index (Phi) is 2.76. The molecule has 1 aromatic heterocycles. The second-order valence-electron chi connectivity index (χ2n) is 4.89. The van der Waals surface area contributed by atoms with Gasteiger partial charge >= 0.3 is 0 Å². The molecular weight excluding hydrogens is 202 g/mol. The van der Waals surface area contributed by atoms with Crippen LogP contribution in [0.25, 0.3) is 0 Å². The van der Waals surface area contributed by atoms with Crippen LogP contribution in [-0.4, -0.2) is 28.8 Å². The lowest BCUT2D eigenvalue weighted by Crippen LogP contribution is -2.46. The summed E-state index contributed by atoms with van der Waals surface area (Å²) in [5.41, 5.74) is 6.93. The highest BCUT2D eigenvalue weighted by molar-refractivity contribution is 5.63. The highest BCUT2D eigenvalue weighted by Crippen LogP contribution is 2.28. The second kappa shape index (κ2) is 3.94. The molecule has 1 unspecified atom stereocenters. The number of β-amino-alcohol motifs (C(OH)–C–C–N with tert-alkyl or cyclic N) is 1. The van der Waals surface area contributed by atoms with Gasteiger partial charge in [-0.3, -0.25) is 0 Å². The van der Waals surface area contributed by atoms with Crippen LogP contribution in [0.15, 0.2) is 12.1 Å². The van der Waals surface area contributed by atoms with E-state index < -0.39 is 5.60 Å². The molecule has 4 heteroatoms. The first-order chi connectivity index (χ1) is 7.48. The number of nitrogen functional groups attached to an aromatic ring is 1. The molecule has 0 aliphatic carbocycles. The molecule has 2 rings (SSSR count). The van der Waals surface area contributed by atoms with Crippen LogP contribution >= 0.6 is 0 Å².